The Morgan fingerprint density at radius 1 is 1.18 bits per heavy atom. The van der Waals surface area contributed by atoms with Gasteiger partial charge in [0.05, 0.1) is 41.8 Å². The van der Waals surface area contributed by atoms with Crippen molar-refractivity contribution in [2.24, 2.45) is 0 Å². The van der Waals surface area contributed by atoms with Gasteiger partial charge in [-0.1, -0.05) is 18.2 Å². The molecule has 0 spiro atoms. The van der Waals surface area contributed by atoms with Crippen molar-refractivity contribution in [1.29, 1.82) is 0 Å². The zero-order valence-electron chi connectivity index (χ0n) is 12.0. The second kappa shape index (κ2) is 5.27. The van der Waals surface area contributed by atoms with E-state index >= 15 is 0 Å². The van der Waals surface area contributed by atoms with Gasteiger partial charge in [0.25, 0.3) is 0 Å². The minimum Gasteiger partial charge on any atom is -0.377 e. The first-order chi connectivity index (χ1) is 10.8. The van der Waals surface area contributed by atoms with E-state index < -0.39 is 0 Å². The molecule has 4 rings (SSSR count). The molecule has 1 aromatic carbocycles. The molecule has 0 radical (unpaired) electrons. The van der Waals surface area contributed by atoms with Crippen molar-refractivity contribution < 1.29 is 4.74 Å². The van der Waals surface area contributed by atoms with E-state index in [-0.39, 0.29) is 5.69 Å². The second-order valence-electron chi connectivity index (χ2n) is 5.24. The molecule has 0 fully saturated rings. The Morgan fingerprint density at radius 3 is 2.86 bits per heavy atom. The molecule has 0 saturated heterocycles. The molecule has 0 amide bonds. The quantitative estimate of drug-likeness (QED) is 0.790. The highest BCUT2D eigenvalue weighted by molar-refractivity contribution is 5.77. The smallest absolute Gasteiger partial charge is 0.331 e. The Balaban J connectivity index is 1.78. The Labute approximate surface area is 126 Å². The van der Waals surface area contributed by atoms with Gasteiger partial charge in [-0.3, -0.25) is 9.55 Å². The van der Waals surface area contributed by atoms with Crippen LogP contribution in [-0.4, -0.2) is 27.7 Å². The number of ether oxygens (including phenoxy) is 1. The average Bonchev–Trinajstić information content (AvgIpc) is 2.91. The number of aromatic nitrogens is 3. The fraction of sp³-hybridized carbons (Fsp3) is 0.176. The third kappa shape index (κ3) is 2.16. The number of aromatic amines is 1. The van der Waals surface area contributed by atoms with Gasteiger partial charge in [0.15, 0.2) is 0 Å². The van der Waals surface area contributed by atoms with Gasteiger partial charge < -0.3 is 9.72 Å². The number of hydrogen-bond donors (Lipinski definition) is 1. The van der Waals surface area contributed by atoms with E-state index in [0.29, 0.717) is 6.61 Å². The largest absolute Gasteiger partial charge is 0.377 e. The molecule has 0 aliphatic carbocycles. The summed E-state index contributed by atoms with van der Waals surface area (Å²) in [5.41, 5.74) is 4.43. The number of nitrogens with one attached hydrogen (secondary N) is 1. The molecule has 0 bridgehead atoms. The fourth-order valence-corrected chi connectivity index (χ4v) is 2.78. The van der Waals surface area contributed by atoms with Gasteiger partial charge in [-0.15, -0.1) is 0 Å². The topological polar surface area (TPSA) is 59.9 Å². The van der Waals surface area contributed by atoms with Crippen molar-refractivity contribution in [3.63, 3.8) is 0 Å². The molecule has 3 heterocycles. The summed E-state index contributed by atoms with van der Waals surface area (Å²) in [5, 5.41) is 0. The van der Waals surface area contributed by atoms with Crippen molar-refractivity contribution in [1.82, 2.24) is 14.5 Å². The molecule has 2 aromatic heterocycles. The minimum absolute atomic E-state index is 0.152. The highest BCUT2D eigenvalue weighted by atomic mass is 16.5. The van der Waals surface area contributed by atoms with E-state index in [1.807, 2.05) is 36.4 Å². The number of rotatable bonds is 2. The summed E-state index contributed by atoms with van der Waals surface area (Å²) in [6, 6.07) is 11.5. The number of para-hydroxylation sites is 2. The molecule has 1 N–H and O–H groups in total. The van der Waals surface area contributed by atoms with Crippen LogP contribution in [0.4, 0.5) is 0 Å². The van der Waals surface area contributed by atoms with Crippen LogP contribution >= 0.6 is 0 Å². The molecular formula is C17H15N3O2. The Hall–Kier alpha value is -2.66. The predicted molar refractivity (Wildman–Crippen MR) is 85.1 cm³/mol. The van der Waals surface area contributed by atoms with E-state index in [0.717, 1.165) is 35.4 Å². The first-order valence-electron chi connectivity index (χ1n) is 7.26. The zero-order valence-corrected chi connectivity index (χ0v) is 12.0. The van der Waals surface area contributed by atoms with Crippen LogP contribution in [0, 0.1) is 0 Å². The van der Waals surface area contributed by atoms with Crippen LogP contribution in [-0.2, 0) is 4.74 Å². The molecule has 3 aromatic rings. The standard InChI is InChI=1S/C17H15N3O2/c21-17-19-15-3-1-2-4-16(15)20(17)13-5-6-14(18-11-13)12-7-9-22-10-8-12/h1-7,11H,8-10H2,(H,19,21). The summed E-state index contributed by atoms with van der Waals surface area (Å²) in [6.45, 7) is 1.37. The molecule has 22 heavy (non-hydrogen) atoms. The van der Waals surface area contributed by atoms with Crippen molar-refractivity contribution in [3.8, 4) is 5.69 Å². The van der Waals surface area contributed by atoms with Gasteiger partial charge in [-0.05, 0) is 36.3 Å². The summed E-state index contributed by atoms with van der Waals surface area (Å²) >= 11 is 0. The molecule has 0 saturated carbocycles. The number of benzene rings is 1. The van der Waals surface area contributed by atoms with Crippen molar-refractivity contribution in [3.05, 3.63) is 64.8 Å². The van der Waals surface area contributed by atoms with Crippen molar-refractivity contribution in [2.75, 3.05) is 13.2 Å². The Morgan fingerprint density at radius 2 is 2.09 bits per heavy atom. The first-order valence-corrected chi connectivity index (χ1v) is 7.26. The summed E-state index contributed by atoms with van der Waals surface area (Å²) in [5.74, 6) is 0. The van der Waals surface area contributed by atoms with Crippen LogP contribution in [0.25, 0.3) is 22.3 Å². The maximum absolute atomic E-state index is 12.2. The maximum Gasteiger partial charge on any atom is 0.331 e. The predicted octanol–water partition coefficient (Wildman–Crippen LogP) is 2.52. The van der Waals surface area contributed by atoms with Crippen LogP contribution in [0.3, 0.4) is 0 Å². The zero-order chi connectivity index (χ0) is 14.9. The number of hydrogen-bond acceptors (Lipinski definition) is 3. The van der Waals surface area contributed by atoms with Crippen LogP contribution in [0.5, 0.6) is 0 Å². The molecule has 0 atom stereocenters. The van der Waals surface area contributed by atoms with E-state index in [9.17, 15) is 4.79 Å². The lowest BCUT2D eigenvalue weighted by molar-refractivity contribution is 0.161. The summed E-state index contributed by atoms with van der Waals surface area (Å²) < 4.78 is 6.96. The third-order valence-electron chi connectivity index (χ3n) is 3.89. The molecule has 1 aliphatic heterocycles. The third-order valence-corrected chi connectivity index (χ3v) is 3.89. The summed E-state index contributed by atoms with van der Waals surface area (Å²) in [4.78, 5) is 19.5. The lowest BCUT2D eigenvalue weighted by atomic mass is 10.1. The van der Waals surface area contributed by atoms with Crippen LogP contribution in [0.2, 0.25) is 0 Å². The molecule has 5 nitrogen and oxygen atoms in total. The molecular weight excluding hydrogens is 278 g/mol. The molecule has 0 unspecified atom stereocenters. The Kier molecular flexibility index (Phi) is 3.12. The van der Waals surface area contributed by atoms with E-state index in [4.69, 9.17) is 4.74 Å². The number of H-pyrrole nitrogens is 1. The van der Waals surface area contributed by atoms with Crippen LogP contribution < -0.4 is 5.69 Å². The molecule has 1 aliphatic rings. The highest BCUT2D eigenvalue weighted by Crippen LogP contribution is 2.21. The van der Waals surface area contributed by atoms with E-state index in [1.165, 1.54) is 5.57 Å². The van der Waals surface area contributed by atoms with Gasteiger partial charge in [0, 0.05) is 0 Å². The van der Waals surface area contributed by atoms with Gasteiger partial charge >= 0.3 is 5.69 Å². The number of fused-ring (bicyclic) bond motifs is 1. The van der Waals surface area contributed by atoms with E-state index in [1.54, 1.807) is 10.8 Å². The van der Waals surface area contributed by atoms with Crippen molar-refractivity contribution in [2.45, 2.75) is 6.42 Å². The van der Waals surface area contributed by atoms with E-state index in [2.05, 4.69) is 16.0 Å². The van der Waals surface area contributed by atoms with Gasteiger partial charge in [0.2, 0.25) is 0 Å². The SMILES string of the molecule is O=c1[nH]c2ccccc2n1-c1ccc(C2=CCOCC2)nc1. The fourth-order valence-electron chi connectivity index (χ4n) is 2.78. The normalized spacial score (nSPS) is 15.0. The minimum atomic E-state index is -0.152. The van der Waals surface area contributed by atoms with Crippen LogP contribution in [0.1, 0.15) is 12.1 Å². The summed E-state index contributed by atoms with van der Waals surface area (Å²) in [7, 11) is 0. The van der Waals surface area contributed by atoms with Crippen molar-refractivity contribution >= 4 is 16.6 Å². The monoisotopic (exact) mass is 293 g/mol. The lowest BCUT2D eigenvalue weighted by Gasteiger charge is -2.13. The number of pyridine rings is 1. The molecule has 5 heteroatoms. The average molecular weight is 293 g/mol. The number of nitrogens with zero attached hydrogens (tertiary/aromatic N) is 2. The molecule has 110 valence electrons. The Bertz CT molecular complexity index is 904. The first kappa shape index (κ1) is 13.0. The lowest BCUT2D eigenvalue weighted by Crippen LogP contribution is -2.15. The number of imidazole rings is 1. The second-order valence-corrected chi connectivity index (χ2v) is 5.24. The van der Waals surface area contributed by atoms with Gasteiger partial charge in [0.1, 0.15) is 0 Å². The highest BCUT2D eigenvalue weighted by Gasteiger charge is 2.11. The summed E-state index contributed by atoms with van der Waals surface area (Å²) in [6.07, 6.45) is 4.68. The maximum atomic E-state index is 12.2. The van der Waals surface area contributed by atoms with Gasteiger partial charge in [-0.2, -0.15) is 0 Å². The van der Waals surface area contributed by atoms with Crippen LogP contribution in [0.15, 0.2) is 53.5 Å². The van der Waals surface area contributed by atoms with Gasteiger partial charge in [-0.25, -0.2) is 4.79 Å².